The van der Waals surface area contributed by atoms with Crippen LogP contribution in [0.4, 0.5) is 5.82 Å². The Morgan fingerprint density at radius 1 is 1.25 bits per heavy atom. The molecule has 0 aromatic rings. The third-order valence-electron chi connectivity index (χ3n) is 5.54. The molecule has 1 unspecified atom stereocenters. The van der Waals surface area contributed by atoms with E-state index in [4.69, 9.17) is 9.97 Å². The highest BCUT2D eigenvalue weighted by Gasteiger charge is 2.34. The van der Waals surface area contributed by atoms with Crippen LogP contribution in [-0.2, 0) is 13.1 Å². The smallest absolute Gasteiger partial charge is 0.331 e. The van der Waals surface area contributed by atoms with E-state index in [1.54, 1.807) is 0 Å². The first-order valence-electron chi connectivity index (χ1n) is 9.37. The van der Waals surface area contributed by atoms with Crippen LogP contribution in [0.25, 0.3) is 11.5 Å². The van der Waals surface area contributed by atoms with Crippen molar-refractivity contribution in [3.8, 4) is 11.5 Å². The number of hydrogen-bond donors (Lipinski definition) is 1. The van der Waals surface area contributed by atoms with Crippen molar-refractivity contribution in [2.45, 2.75) is 77.9 Å². The lowest BCUT2D eigenvalue weighted by Crippen LogP contribution is -2.32. The average molecular weight is 329 g/mol. The number of nitrogens with one attached hydrogen (secondary N) is 1. The van der Waals surface area contributed by atoms with E-state index in [9.17, 15) is 4.79 Å². The van der Waals surface area contributed by atoms with Crippen LogP contribution >= 0.6 is 0 Å². The first-order valence-corrected chi connectivity index (χ1v) is 9.37. The summed E-state index contributed by atoms with van der Waals surface area (Å²) in [5, 5.41) is 3.54. The summed E-state index contributed by atoms with van der Waals surface area (Å²) in [6.07, 6.45) is 5.79. The number of imidazole rings is 1. The Kier molecular flexibility index (Phi) is 3.85. The molecule has 4 rings (SSSR count). The second-order valence-electron chi connectivity index (χ2n) is 7.62. The van der Waals surface area contributed by atoms with Crippen molar-refractivity contribution in [3.63, 3.8) is 0 Å². The fraction of sp³-hybridized carbons (Fsp3) is 0.722. The van der Waals surface area contributed by atoms with Crippen molar-refractivity contribution in [2.24, 2.45) is 5.92 Å². The minimum atomic E-state index is 0.0490. The fourth-order valence-corrected chi connectivity index (χ4v) is 4.06. The highest BCUT2D eigenvalue weighted by atomic mass is 16.1. The Morgan fingerprint density at radius 3 is 2.67 bits per heavy atom. The molecule has 6 heteroatoms. The van der Waals surface area contributed by atoms with Gasteiger partial charge in [-0.25, -0.2) is 14.8 Å². The minimum absolute atomic E-state index is 0.0490. The molecule has 1 saturated carbocycles. The maximum absolute atomic E-state index is 13.0. The van der Waals surface area contributed by atoms with Crippen LogP contribution in [0.3, 0.4) is 0 Å². The number of aromatic nitrogens is 4. The number of rotatable bonds is 4. The second-order valence-corrected chi connectivity index (χ2v) is 7.62. The highest BCUT2D eigenvalue weighted by molar-refractivity contribution is 5.70. The van der Waals surface area contributed by atoms with Crippen molar-refractivity contribution in [1.82, 2.24) is 19.1 Å². The molecule has 0 aromatic heterocycles. The number of anilines is 1. The van der Waals surface area contributed by atoms with Gasteiger partial charge < -0.3 is 5.32 Å². The third kappa shape index (κ3) is 2.34. The summed E-state index contributed by atoms with van der Waals surface area (Å²) in [4.78, 5) is 22.7. The molecule has 130 valence electrons. The van der Waals surface area contributed by atoms with Crippen LogP contribution in [-0.4, -0.2) is 25.1 Å². The van der Waals surface area contributed by atoms with Crippen LogP contribution in [0, 0.1) is 5.92 Å². The lowest BCUT2D eigenvalue weighted by molar-refractivity contribution is 0.481. The molecule has 3 heterocycles. The lowest BCUT2D eigenvalue weighted by Gasteiger charge is -2.14. The van der Waals surface area contributed by atoms with Gasteiger partial charge in [-0.2, -0.15) is 0 Å². The molecule has 6 nitrogen and oxygen atoms in total. The van der Waals surface area contributed by atoms with Crippen LogP contribution < -0.4 is 11.0 Å². The van der Waals surface area contributed by atoms with Crippen molar-refractivity contribution in [1.29, 1.82) is 0 Å². The largest absolute Gasteiger partial charge is 0.365 e. The molecule has 4 aliphatic rings. The summed E-state index contributed by atoms with van der Waals surface area (Å²) in [5.41, 5.74) is 0.931. The Balaban J connectivity index is 1.87. The van der Waals surface area contributed by atoms with Gasteiger partial charge >= 0.3 is 5.69 Å². The summed E-state index contributed by atoms with van der Waals surface area (Å²) >= 11 is 0. The summed E-state index contributed by atoms with van der Waals surface area (Å²) in [7, 11) is 0. The van der Waals surface area contributed by atoms with Crippen LogP contribution in [0.15, 0.2) is 4.79 Å². The number of hydrogen-bond acceptors (Lipinski definition) is 4. The predicted molar refractivity (Wildman–Crippen MR) is 94.7 cm³/mol. The van der Waals surface area contributed by atoms with Crippen molar-refractivity contribution in [3.05, 3.63) is 16.3 Å². The van der Waals surface area contributed by atoms with E-state index < -0.39 is 0 Å². The fourth-order valence-electron chi connectivity index (χ4n) is 4.06. The van der Waals surface area contributed by atoms with Crippen molar-refractivity contribution < 1.29 is 0 Å². The van der Waals surface area contributed by atoms with E-state index in [2.05, 4.69) is 26.1 Å². The standard InChI is InChI=1S/C18H27N5O/c1-4-9-22-17-14(20-15(21-17)12-7-5-6-8-12)16-19-13(11(2)3)10-23(16)18(22)24/h11-13,19H,4-10H2,1-3H3. The third-order valence-corrected chi connectivity index (χ3v) is 5.54. The number of fused-ring (bicyclic) bond motifs is 3. The van der Waals surface area contributed by atoms with Gasteiger partial charge in [0.15, 0.2) is 5.82 Å². The quantitative estimate of drug-likeness (QED) is 0.936. The first kappa shape index (κ1) is 15.7. The molecule has 1 aliphatic carbocycles. The van der Waals surface area contributed by atoms with Gasteiger partial charge in [0.1, 0.15) is 17.3 Å². The molecule has 0 saturated heterocycles. The van der Waals surface area contributed by atoms with Crippen LogP contribution in [0.1, 0.15) is 64.6 Å². The zero-order chi connectivity index (χ0) is 16.8. The van der Waals surface area contributed by atoms with Gasteiger partial charge in [-0.1, -0.05) is 33.6 Å². The van der Waals surface area contributed by atoms with Gasteiger partial charge in [0.05, 0.1) is 0 Å². The van der Waals surface area contributed by atoms with Crippen molar-refractivity contribution >= 4 is 5.82 Å². The molecule has 0 aromatic carbocycles. The van der Waals surface area contributed by atoms with Crippen LogP contribution in [0.5, 0.6) is 0 Å². The summed E-state index contributed by atoms with van der Waals surface area (Å²) in [6, 6.07) is 0.282. The molecule has 0 bridgehead atoms. The van der Waals surface area contributed by atoms with Gasteiger partial charge in [0.2, 0.25) is 0 Å². The second kappa shape index (κ2) is 5.90. The zero-order valence-corrected chi connectivity index (χ0v) is 14.9. The molecule has 1 fully saturated rings. The topological polar surface area (TPSA) is 64.7 Å². The molecule has 0 radical (unpaired) electrons. The Labute approximate surface area is 142 Å². The van der Waals surface area contributed by atoms with E-state index in [-0.39, 0.29) is 11.7 Å². The Morgan fingerprint density at radius 2 is 2.00 bits per heavy atom. The lowest BCUT2D eigenvalue weighted by atomic mass is 10.1. The predicted octanol–water partition coefficient (Wildman–Crippen LogP) is 3.06. The molecule has 0 spiro atoms. The summed E-state index contributed by atoms with van der Waals surface area (Å²) in [6.45, 7) is 7.89. The molecular formula is C18H27N5O. The normalized spacial score (nSPS) is 20.9. The molecule has 3 aliphatic heterocycles. The summed E-state index contributed by atoms with van der Waals surface area (Å²) < 4.78 is 3.70. The van der Waals surface area contributed by atoms with E-state index in [0.29, 0.717) is 18.4 Å². The van der Waals surface area contributed by atoms with Gasteiger partial charge in [-0.15, -0.1) is 0 Å². The zero-order valence-electron chi connectivity index (χ0n) is 14.9. The Bertz CT molecular complexity index is 769. The first-order chi connectivity index (χ1) is 11.6. The van der Waals surface area contributed by atoms with E-state index in [0.717, 1.165) is 36.1 Å². The molecule has 0 amide bonds. The van der Waals surface area contributed by atoms with Crippen LogP contribution in [0.2, 0.25) is 0 Å². The monoisotopic (exact) mass is 329 g/mol. The van der Waals surface area contributed by atoms with Crippen molar-refractivity contribution in [2.75, 3.05) is 5.32 Å². The average Bonchev–Trinajstić information content (AvgIpc) is 3.28. The molecule has 1 atom stereocenters. The Hall–Kier alpha value is -1.85. The minimum Gasteiger partial charge on any atom is -0.365 e. The maximum Gasteiger partial charge on any atom is 0.331 e. The van der Waals surface area contributed by atoms with Gasteiger partial charge in [0, 0.05) is 25.0 Å². The molecule has 24 heavy (non-hydrogen) atoms. The van der Waals surface area contributed by atoms with Gasteiger partial charge in [-0.05, 0) is 25.2 Å². The maximum atomic E-state index is 13.0. The highest BCUT2D eigenvalue weighted by Crippen LogP contribution is 2.37. The SMILES string of the molecule is CCCn1c2nc(C3CCCC3)nc-2c2n(c1=O)CC(C(C)C)N2. The summed E-state index contributed by atoms with van der Waals surface area (Å²) in [5.74, 6) is 3.52. The number of nitrogens with zero attached hydrogens (tertiary/aromatic N) is 4. The molecule has 1 N–H and O–H groups in total. The van der Waals surface area contributed by atoms with Gasteiger partial charge in [0.25, 0.3) is 0 Å². The molecular weight excluding hydrogens is 302 g/mol. The van der Waals surface area contributed by atoms with Gasteiger partial charge in [-0.3, -0.25) is 9.13 Å². The van der Waals surface area contributed by atoms with E-state index in [1.807, 2.05) is 9.13 Å². The van der Waals surface area contributed by atoms with E-state index in [1.165, 1.54) is 25.7 Å². The van der Waals surface area contributed by atoms with E-state index >= 15 is 0 Å².